The minimum absolute atomic E-state index is 0.243. The highest BCUT2D eigenvalue weighted by molar-refractivity contribution is 8.26. The lowest BCUT2D eigenvalue weighted by molar-refractivity contribution is -0.145. The number of hydrogen-bond donors (Lipinski definition) is 1. The minimum atomic E-state index is -1.06. The fourth-order valence-corrected chi connectivity index (χ4v) is 4.20. The quantitative estimate of drug-likeness (QED) is 0.475. The van der Waals surface area contributed by atoms with Gasteiger partial charge < -0.3 is 19.3 Å². The summed E-state index contributed by atoms with van der Waals surface area (Å²) in [5, 5.41) is 9.54. The van der Waals surface area contributed by atoms with Gasteiger partial charge in [0, 0.05) is 0 Å². The summed E-state index contributed by atoms with van der Waals surface area (Å²) < 4.78 is 16.2. The van der Waals surface area contributed by atoms with Crippen LogP contribution in [0.2, 0.25) is 0 Å². The fourth-order valence-electron chi connectivity index (χ4n) is 2.85. The minimum Gasteiger partial charge on any atom is -0.493 e. The van der Waals surface area contributed by atoms with Crippen molar-refractivity contribution in [1.29, 1.82) is 0 Å². The molecule has 1 heterocycles. The van der Waals surface area contributed by atoms with Gasteiger partial charge in [0.2, 0.25) is 5.75 Å². The van der Waals surface area contributed by atoms with Gasteiger partial charge in [-0.15, -0.1) is 0 Å². The second-order valence-corrected chi connectivity index (χ2v) is 7.68. The summed E-state index contributed by atoms with van der Waals surface area (Å²) in [6, 6.07) is 2.46. The van der Waals surface area contributed by atoms with E-state index in [2.05, 4.69) is 0 Å². The molecule has 2 rings (SSSR count). The highest BCUT2D eigenvalue weighted by Gasteiger charge is 2.40. The van der Waals surface area contributed by atoms with Gasteiger partial charge in [0.15, 0.2) is 11.5 Å². The van der Waals surface area contributed by atoms with Crippen LogP contribution >= 0.6 is 24.0 Å². The Morgan fingerprint density at radius 3 is 2.32 bits per heavy atom. The number of aliphatic carboxylic acids is 1. The van der Waals surface area contributed by atoms with E-state index in [0.717, 1.165) is 18.2 Å². The van der Waals surface area contributed by atoms with Crippen molar-refractivity contribution in [1.82, 2.24) is 4.90 Å². The maximum absolute atomic E-state index is 12.9. The summed E-state index contributed by atoms with van der Waals surface area (Å²) in [6.07, 6.45) is 3.53. The van der Waals surface area contributed by atoms with Crippen LogP contribution < -0.4 is 14.2 Å². The average molecular weight is 426 g/mol. The van der Waals surface area contributed by atoms with Crippen molar-refractivity contribution in [2.45, 2.75) is 32.2 Å². The summed E-state index contributed by atoms with van der Waals surface area (Å²) >= 11 is 6.37. The van der Waals surface area contributed by atoms with E-state index in [0.29, 0.717) is 40.6 Å². The third kappa shape index (κ3) is 4.59. The van der Waals surface area contributed by atoms with Crippen molar-refractivity contribution in [3.05, 3.63) is 22.6 Å². The molecule has 1 aliphatic heterocycles. The Kier molecular flexibility index (Phi) is 7.70. The average Bonchev–Trinajstić information content (AvgIpc) is 2.94. The molecule has 0 radical (unpaired) electrons. The predicted octanol–water partition coefficient (Wildman–Crippen LogP) is 3.56. The highest BCUT2D eigenvalue weighted by atomic mass is 32.2. The van der Waals surface area contributed by atoms with Crippen LogP contribution in [0.1, 0.15) is 31.7 Å². The van der Waals surface area contributed by atoms with Gasteiger partial charge in [-0.1, -0.05) is 43.7 Å². The smallest absolute Gasteiger partial charge is 0.326 e. The summed E-state index contributed by atoms with van der Waals surface area (Å²) in [7, 11) is 4.52. The maximum Gasteiger partial charge on any atom is 0.326 e. The zero-order chi connectivity index (χ0) is 20.8. The van der Waals surface area contributed by atoms with Crippen molar-refractivity contribution in [3.63, 3.8) is 0 Å². The third-order valence-corrected chi connectivity index (χ3v) is 5.57. The van der Waals surface area contributed by atoms with Crippen LogP contribution in [0.3, 0.4) is 0 Å². The molecule has 0 saturated carbocycles. The van der Waals surface area contributed by atoms with Crippen LogP contribution in [0.5, 0.6) is 17.2 Å². The number of rotatable bonds is 9. The number of carbonyl (C=O) groups excluding carboxylic acids is 1. The zero-order valence-corrected chi connectivity index (χ0v) is 17.8. The first-order chi connectivity index (χ1) is 13.4. The number of amides is 1. The molecule has 0 bridgehead atoms. The number of hydrogen-bond acceptors (Lipinski definition) is 7. The number of unbranched alkanes of at least 4 members (excludes halogenated alkanes) is 1. The van der Waals surface area contributed by atoms with Crippen LogP contribution in [-0.2, 0) is 9.59 Å². The molecule has 1 saturated heterocycles. The first-order valence-corrected chi connectivity index (χ1v) is 9.90. The second kappa shape index (κ2) is 9.79. The lowest BCUT2D eigenvalue weighted by Crippen LogP contribution is -2.43. The van der Waals surface area contributed by atoms with E-state index in [4.69, 9.17) is 26.4 Å². The van der Waals surface area contributed by atoms with Crippen LogP contribution in [0.25, 0.3) is 6.08 Å². The second-order valence-electron chi connectivity index (χ2n) is 6.01. The molecule has 28 heavy (non-hydrogen) atoms. The number of thioether (sulfide) groups is 1. The molecule has 152 valence electrons. The van der Waals surface area contributed by atoms with Crippen molar-refractivity contribution in [2.24, 2.45) is 0 Å². The van der Waals surface area contributed by atoms with Crippen LogP contribution in [-0.4, -0.2) is 53.6 Å². The lowest BCUT2D eigenvalue weighted by Gasteiger charge is -2.22. The van der Waals surface area contributed by atoms with Gasteiger partial charge >= 0.3 is 5.97 Å². The normalized spacial score (nSPS) is 16.4. The van der Waals surface area contributed by atoms with E-state index in [1.54, 1.807) is 18.2 Å². The van der Waals surface area contributed by atoms with Gasteiger partial charge in [0.1, 0.15) is 10.4 Å². The number of benzene rings is 1. The number of carboxylic acids is 1. The molecular formula is C19H23NO6S2. The SMILES string of the molecule is CCCCC(C(=O)O)N1C(=O)C(=Cc2cc(OC)c(OC)c(OC)c2)SC1=S. The Balaban J connectivity index is 2.39. The summed E-state index contributed by atoms with van der Waals surface area (Å²) in [5.41, 5.74) is 0.649. The molecule has 1 aliphatic rings. The van der Waals surface area contributed by atoms with E-state index in [1.807, 2.05) is 6.92 Å². The molecule has 1 unspecified atom stereocenters. The van der Waals surface area contributed by atoms with E-state index in [-0.39, 0.29) is 4.32 Å². The first-order valence-electron chi connectivity index (χ1n) is 8.67. The van der Waals surface area contributed by atoms with E-state index >= 15 is 0 Å². The Hall–Kier alpha value is -2.26. The van der Waals surface area contributed by atoms with Gasteiger partial charge in [0.25, 0.3) is 5.91 Å². The number of carbonyl (C=O) groups is 2. The molecule has 1 fully saturated rings. The van der Waals surface area contributed by atoms with Gasteiger partial charge in [-0.05, 0) is 30.2 Å². The van der Waals surface area contributed by atoms with E-state index in [1.165, 1.54) is 26.2 Å². The monoisotopic (exact) mass is 425 g/mol. The van der Waals surface area contributed by atoms with Gasteiger partial charge in [-0.2, -0.15) is 0 Å². The van der Waals surface area contributed by atoms with E-state index in [9.17, 15) is 14.7 Å². The molecule has 0 aliphatic carbocycles. The van der Waals surface area contributed by atoms with Gasteiger partial charge in [-0.3, -0.25) is 9.69 Å². The number of thiocarbonyl (C=S) groups is 1. The zero-order valence-electron chi connectivity index (χ0n) is 16.2. The van der Waals surface area contributed by atoms with E-state index < -0.39 is 17.9 Å². The number of carboxylic acid groups (broad SMARTS) is 1. The Bertz CT molecular complexity index is 783. The van der Waals surface area contributed by atoms with Crippen molar-refractivity contribution >= 4 is 46.3 Å². The number of methoxy groups -OCH3 is 3. The standard InChI is InChI=1S/C19H23NO6S2/c1-5-6-7-12(18(22)23)20-17(21)15(28-19(20)27)10-11-8-13(24-2)16(26-4)14(9-11)25-3/h8-10,12H,5-7H2,1-4H3,(H,22,23). The Morgan fingerprint density at radius 2 is 1.86 bits per heavy atom. The molecule has 1 aromatic rings. The molecule has 1 N–H and O–H groups in total. The summed E-state index contributed by atoms with van der Waals surface area (Å²) in [4.78, 5) is 26.1. The maximum atomic E-state index is 12.9. The Morgan fingerprint density at radius 1 is 1.25 bits per heavy atom. The molecule has 7 nitrogen and oxygen atoms in total. The van der Waals surface area contributed by atoms with Crippen molar-refractivity contribution in [2.75, 3.05) is 21.3 Å². The third-order valence-electron chi connectivity index (χ3n) is 4.24. The predicted molar refractivity (Wildman–Crippen MR) is 112 cm³/mol. The molecule has 1 amide bonds. The first kappa shape index (κ1) is 22.0. The van der Waals surface area contributed by atoms with Gasteiger partial charge in [0.05, 0.1) is 26.2 Å². The molecule has 9 heteroatoms. The molecule has 1 aromatic carbocycles. The molecular weight excluding hydrogens is 402 g/mol. The summed E-state index contributed by atoms with van der Waals surface area (Å²) in [6.45, 7) is 1.97. The highest BCUT2D eigenvalue weighted by Crippen LogP contribution is 2.40. The summed E-state index contributed by atoms with van der Waals surface area (Å²) in [5.74, 6) is -0.115. The largest absolute Gasteiger partial charge is 0.493 e. The lowest BCUT2D eigenvalue weighted by atomic mass is 10.1. The topological polar surface area (TPSA) is 85.3 Å². The molecule has 0 spiro atoms. The number of nitrogens with zero attached hydrogens (tertiary/aromatic N) is 1. The van der Waals surface area contributed by atoms with Crippen LogP contribution in [0.4, 0.5) is 0 Å². The molecule has 1 atom stereocenters. The van der Waals surface area contributed by atoms with Crippen LogP contribution in [0, 0.1) is 0 Å². The fraction of sp³-hybridized carbons (Fsp3) is 0.421. The van der Waals surface area contributed by atoms with Crippen molar-refractivity contribution in [3.8, 4) is 17.2 Å². The Labute approximate surface area is 173 Å². The van der Waals surface area contributed by atoms with Crippen molar-refractivity contribution < 1.29 is 28.9 Å². The van der Waals surface area contributed by atoms with Gasteiger partial charge in [-0.25, -0.2) is 4.79 Å². The number of ether oxygens (including phenoxy) is 3. The molecule has 0 aromatic heterocycles. The van der Waals surface area contributed by atoms with Crippen LogP contribution in [0.15, 0.2) is 17.0 Å².